The molecule has 7 heteroatoms. The Labute approximate surface area is 214 Å². The molecule has 0 aromatic heterocycles. The molecular weight excluding hydrogens is 461 g/mol. The molecule has 3 N–H and O–H groups in total. The van der Waals surface area contributed by atoms with Gasteiger partial charge in [0.05, 0.1) is 12.1 Å². The van der Waals surface area contributed by atoms with E-state index >= 15 is 0 Å². The minimum Gasteiger partial charge on any atom is -0.323 e. The highest BCUT2D eigenvalue weighted by molar-refractivity contribution is 6.37. The van der Waals surface area contributed by atoms with Crippen LogP contribution in [-0.4, -0.2) is 26.0 Å². The largest absolute Gasteiger partial charge is 0.416 e. The van der Waals surface area contributed by atoms with Crippen molar-refractivity contribution in [2.24, 2.45) is 5.10 Å². The number of nitrogens with one attached hydrogen (secondary N) is 3. The van der Waals surface area contributed by atoms with Crippen LogP contribution in [0.5, 0.6) is 0 Å². The maximum atomic E-state index is 12.9. The van der Waals surface area contributed by atoms with Gasteiger partial charge in [-0.15, -0.1) is 0 Å². The third-order valence-electron chi connectivity index (χ3n) is 4.38. The number of halogens is 3. The Bertz CT molecular complexity index is 973. The highest BCUT2D eigenvalue weighted by Gasteiger charge is 2.32. The monoisotopic (exact) mass is 500 g/mol. The summed E-state index contributed by atoms with van der Waals surface area (Å²) in [4.78, 5) is 0. The number of nitrogens with zero attached hydrogens (tertiary/aromatic N) is 1. The summed E-state index contributed by atoms with van der Waals surface area (Å²) >= 11 is 0. The number of hydrogen-bond donors (Lipinski definition) is 3. The fraction of sp³-hybridized carbons (Fsp3) is 0.310. The van der Waals surface area contributed by atoms with Gasteiger partial charge in [0.2, 0.25) is 0 Å². The van der Waals surface area contributed by atoms with Crippen molar-refractivity contribution >= 4 is 11.9 Å². The fourth-order valence-corrected chi connectivity index (χ4v) is 2.88. The van der Waals surface area contributed by atoms with Crippen LogP contribution in [0.15, 0.2) is 90.0 Å². The highest BCUT2D eigenvalue weighted by Crippen LogP contribution is 2.31. The first-order chi connectivity index (χ1) is 17.4. The third kappa shape index (κ3) is 13.4. The lowest BCUT2D eigenvalue weighted by molar-refractivity contribution is -0.138. The van der Waals surface area contributed by atoms with Crippen LogP contribution in [0.4, 0.5) is 13.2 Å². The van der Waals surface area contributed by atoms with Gasteiger partial charge < -0.3 is 16.2 Å². The maximum Gasteiger partial charge on any atom is 0.416 e. The van der Waals surface area contributed by atoms with E-state index in [1.54, 1.807) is 30.3 Å². The molecule has 0 radical (unpaired) electrons. The predicted octanol–water partition coefficient (Wildman–Crippen LogP) is 7.35. The summed E-state index contributed by atoms with van der Waals surface area (Å²) in [5.74, 6) is 0. The van der Waals surface area contributed by atoms with Gasteiger partial charge in [0, 0.05) is 11.8 Å². The van der Waals surface area contributed by atoms with Gasteiger partial charge in [0.25, 0.3) is 0 Å². The number of aryl methyl sites for hydroxylation is 1. The van der Waals surface area contributed by atoms with E-state index in [0.717, 1.165) is 12.3 Å². The highest BCUT2D eigenvalue weighted by atomic mass is 19.4. The van der Waals surface area contributed by atoms with E-state index in [2.05, 4.69) is 53.1 Å². The van der Waals surface area contributed by atoms with Gasteiger partial charge in [-0.05, 0) is 37.7 Å². The Balaban J connectivity index is 0.000000723. The van der Waals surface area contributed by atoms with Crippen molar-refractivity contribution in [2.75, 3.05) is 14.1 Å². The van der Waals surface area contributed by atoms with Crippen molar-refractivity contribution in [3.63, 3.8) is 0 Å². The van der Waals surface area contributed by atoms with E-state index in [1.165, 1.54) is 30.5 Å². The van der Waals surface area contributed by atoms with E-state index in [0.29, 0.717) is 11.3 Å². The van der Waals surface area contributed by atoms with Crippen LogP contribution >= 0.6 is 0 Å². The molecule has 0 fully saturated rings. The molecule has 0 aliphatic rings. The van der Waals surface area contributed by atoms with Crippen molar-refractivity contribution in [3.8, 4) is 0 Å². The predicted molar refractivity (Wildman–Crippen MR) is 147 cm³/mol. The van der Waals surface area contributed by atoms with E-state index in [9.17, 15) is 13.2 Å². The van der Waals surface area contributed by atoms with Gasteiger partial charge >= 0.3 is 6.18 Å². The van der Waals surface area contributed by atoms with Crippen molar-refractivity contribution in [1.82, 2.24) is 10.7 Å². The quantitative estimate of drug-likeness (QED) is 0.235. The van der Waals surface area contributed by atoms with Gasteiger partial charge in [-0.1, -0.05) is 106 Å². The number of hydrazone groups is 1. The summed E-state index contributed by atoms with van der Waals surface area (Å²) in [6.45, 7) is 6.13. The summed E-state index contributed by atoms with van der Waals surface area (Å²) in [7, 11) is 3.75. The van der Waals surface area contributed by atoms with Crippen molar-refractivity contribution in [3.05, 3.63) is 107 Å². The molecule has 3 aromatic carbocycles. The van der Waals surface area contributed by atoms with Crippen molar-refractivity contribution < 1.29 is 13.2 Å². The zero-order valence-electron chi connectivity index (χ0n) is 21.9. The lowest BCUT2D eigenvalue weighted by Crippen LogP contribution is -2.16. The van der Waals surface area contributed by atoms with Crippen LogP contribution in [0.1, 0.15) is 49.4 Å². The zero-order chi connectivity index (χ0) is 27.2. The first kappa shape index (κ1) is 32.6. The standard InChI is InChI=1S/C16H14F3N3.C9H12.C2H7N.C2H6/c17-16(18,19)14-9-5-4-8-13(14)11-21-22-15(10-20)12-6-2-1-3-7-12;1-2-6-9-7-4-3-5-8-9;1-3-2;1-2/h1-10,20-21H,11H2;3-5,7-8H,2,6H2,1H3;3H,1-2H3;1-2H3/b20-10?,22-15+;;;. The van der Waals surface area contributed by atoms with E-state index in [4.69, 9.17) is 5.41 Å². The molecule has 0 saturated heterocycles. The van der Waals surface area contributed by atoms with Crippen LogP contribution in [0, 0.1) is 5.41 Å². The molecule has 0 bridgehead atoms. The second-order valence-corrected chi connectivity index (χ2v) is 7.23. The Morgan fingerprint density at radius 3 is 1.86 bits per heavy atom. The smallest absolute Gasteiger partial charge is 0.323 e. The van der Waals surface area contributed by atoms with E-state index < -0.39 is 11.7 Å². The molecule has 0 heterocycles. The Morgan fingerprint density at radius 2 is 1.36 bits per heavy atom. The number of alkyl halides is 3. The minimum atomic E-state index is -4.40. The Hall–Kier alpha value is -3.45. The molecule has 4 nitrogen and oxygen atoms in total. The van der Waals surface area contributed by atoms with Crippen molar-refractivity contribution in [2.45, 2.75) is 46.3 Å². The summed E-state index contributed by atoms with van der Waals surface area (Å²) in [5.41, 5.74) is 4.53. The average molecular weight is 501 g/mol. The zero-order valence-corrected chi connectivity index (χ0v) is 21.9. The van der Waals surface area contributed by atoms with Crippen molar-refractivity contribution in [1.29, 1.82) is 5.41 Å². The topological polar surface area (TPSA) is 60.3 Å². The molecule has 36 heavy (non-hydrogen) atoms. The van der Waals surface area contributed by atoms with Crippen LogP contribution in [0.2, 0.25) is 0 Å². The summed E-state index contributed by atoms with van der Waals surface area (Å²) < 4.78 is 38.6. The Kier molecular flexibility index (Phi) is 17.9. The fourth-order valence-electron chi connectivity index (χ4n) is 2.88. The lowest BCUT2D eigenvalue weighted by atomic mass is 10.1. The number of hydrogen-bond acceptors (Lipinski definition) is 4. The summed E-state index contributed by atoms with van der Waals surface area (Å²) in [5, 5.41) is 14.1. The van der Waals surface area contributed by atoms with Gasteiger partial charge in [0.15, 0.2) is 0 Å². The maximum absolute atomic E-state index is 12.9. The SMILES string of the molecule is CC.CCCc1ccccc1.CNC.N=C/C(=N\NCc1ccccc1C(F)(F)F)c1ccccc1. The van der Waals surface area contributed by atoms with E-state index in [1.807, 2.05) is 34.0 Å². The average Bonchev–Trinajstić information content (AvgIpc) is 2.90. The summed E-state index contributed by atoms with van der Waals surface area (Å²) in [6.07, 6.45) is -0.894. The van der Waals surface area contributed by atoms with Crippen LogP contribution < -0.4 is 10.7 Å². The lowest BCUT2D eigenvalue weighted by Gasteiger charge is -2.12. The second kappa shape index (κ2) is 19.8. The molecular formula is C29H39F3N4. The molecule has 196 valence electrons. The van der Waals surface area contributed by atoms with E-state index in [-0.39, 0.29) is 12.1 Å². The number of rotatable bonds is 7. The van der Waals surface area contributed by atoms with Gasteiger partial charge in [0.1, 0.15) is 5.71 Å². The first-order valence-electron chi connectivity index (χ1n) is 12.0. The van der Waals surface area contributed by atoms with Crippen LogP contribution in [0.25, 0.3) is 0 Å². The summed E-state index contributed by atoms with van der Waals surface area (Å²) in [6, 6.07) is 24.9. The van der Waals surface area contributed by atoms with Crippen LogP contribution in [0.3, 0.4) is 0 Å². The molecule has 0 spiro atoms. The molecule has 0 aliphatic carbocycles. The van der Waals surface area contributed by atoms with Crippen LogP contribution in [-0.2, 0) is 19.1 Å². The minimum absolute atomic E-state index is 0.0696. The van der Waals surface area contributed by atoms with Gasteiger partial charge in [-0.3, -0.25) is 0 Å². The first-order valence-corrected chi connectivity index (χ1v) is 12.0. The molecule has 0 saturated carbocycles. The third-order valence-corrected chi connectivity index (χ3v) is 4.38. The normalized spacial score (nSPS) is 10.4. The van der Waals surface area contributed by atoms with Gasteiger partial charge in [-0.2, -0.15) is 18.3 Å². The molecule has 0 unspecified atom stereocenters. The number of benzene rings is 3. The second-order valence-electron chi connectivity index (χ2n) is 7.23. The molecule has 0 amide bonds. The molecule has 3 rings (SSSR count). The molecule has 3 aromatic rings. The molecule has 0 atom stereocenters. The molecule has 0 aliphatic heterocycles. The Morgan fingerprint density at radius 1 is 0.861 bits per heavy atom. The van der Waals surface area contributed by atoms with Gasteiger partial charge in [-0.25, -0.2) is 0 Å².